The van der Waals surface area contributed by atoms with Gasteiger partial charge in [-0.15, -0.1) is 0 Å². The van der Waals surface area contributed by atoms with Crippen LogP contribution >= 0.6 is 23.4 Å². The average molecular weight is 405 g/mol. The third-order valence-electron chi connectivity index (χ3n) is 4.35. The van der Waals surface area contributed by atoms with Gasteiger partial charge in [-0.1, -0.05) is 30.9 Å². The highest BCUT2D eigenvalue weighted by molar-refractivity contribution is 7.99. The summed E-state index contributed by atoms with van der Waals surface area (Å²) in [5, 5.41) is 3.89. The molecule has 0 atom stereocenters. The van der Waals surface area contributed by atoms with Gasteiger partial charge in [0.15, 0.2) is 0 Å². The number of hydrogen-bond donors (Lipinski definition) is 1. The number of halogens is 1. The van der Waals surface area contributed by atoms with Crippen molar-refractivity contribution in [1.82, 2.24) is 5.32 Å². The van der Waals surface area contributed by atoms with Crippen LogP contribution in [0.2, 0.25) is 5.02 Å². The fourth-order valence-corrected chi connectivity index (χ4v) is 4.71. The molecule has 1 N–H and O–H groups in total. The van der Waals surface area contributed by atoms with Crippen molar-refractivity contribution < 1.29 is 13.2 Å². The van der Waals surface area contributed by atoms with Gasteiger partial charge in [0, 0.05) is 24.6 Å². The molecule has 1 saturated carbocycles. The van der Waals surface area contributed by atoms with E-state index in [1.165, 1.54) is 45.2 Å². The number of carbonyl (C=O) groups is 1. The van der Waals surface area contributed by atoms with Crippen molar-refractivity contribution in [3.8, 4) is 0 Å². The van der Waals surface area contributed by atoms with Gasteiger partial charge in [0.2, 0.25) is 10.0 Å². The summed E-state index contributed by atoms with van der Waals surface area (Å²) in [5.74, 6) is 0.592. The van der Waals surface area contributed by atoms with Crippen LogP contribution in [0.1, 0.15) is 42.5 Å². The van der Waals surface area contributed by atoms with Gasteiger partial charge in [0.25, 0.3) is 5.91 Å². The molecule has 0 aromatic heterocycles. The number of thioether (sulfide) groups is 1. The first-order valence-corrected chi connectivity index (χ1v) is 11.7. The maximum absolute atomic E-state index is 12.4. The molecule has 25 heavy (non-hydrogen) atoms. The third-order valence-corrected chi connectivity index (χ3v) is 7.27. The normalized spacial score (nSPS) is 15.8. The Kier molecular flexibility index (Phi) is 7.46. The zero-order valence-corrected chi connectivity index (χ0v) is 17.0. The van der Waals surface area contributed by atoms with E-state index < -0.39 is 10.0 Å². The minimum absolute atomic E-state index is 0.280. The average Bonchev–Trinajstić information content (AvgIpc) is 2.58. The molecule has 1 amide bonds. The lowest BCUT2D eigenvalue weighted by atomic mass is 10.0. The summed E-state index contributed by atoms with van der Waals surface area (Å²) in [7, 11) is -1.94. The summed E-state index contributed by atoms with van der Waals surface area (Å²) in [5.41, 5.74) is 0.700. The molecule has 140 valence electrons. The van der Waals surface area contributed by atoms with Crippen LogP contribution in [0.25, 0.3) is 0 Å². The van der Waals surface area contributed by atoms with E-state index in [2.05, 4.69) is 5.32 Å². The molecule has 1 aromatic rings. The molecule has 5 nitrogen and oxygen atoms in total. The molecule has 1 fully saturated rings. The second-order valence-corrected chi connectivity index (χ2v) is 10.1. The molecule has 0 aliphatic heterocycles. The molecule has 1 aromatic carbocycles. The first kappa shape index (κ1) is 20.4. The van der Waals surface area contributed by atoms with E-state index >= 15 is 0 Å². The van der Waals surface area contributed by atoms with Crippen LogP contribution in [-0.4, -0.2) is 45.2 Å². The molecular weight excluding hydrogens is 380 g/mol. The summed E-state index contributed by atoms with van der Waals surface area (Å²) < 4.78 is 24.4. The fourth-order valence-electron chi connectivity index (χ4n) is 2.79. The lowest BCUT2D eigenvalue weighted by Crippen LogP contribution is -2.28. The predicted octanol–water partition coefficient (Wildman–Crippen LogP) is 3.53. The first-order chi connectivity index (χ1) is 11.8. The maximum atomic E-state index is 12.4. The lowest BCUT2D eigenvalue weighted by Gasteiger charge is -2.21. The Balaban J connectivity index is 1.92. The Morgan fingerprint density at radius 2 is 2.00 bits per heavy atom. The van der Waals surface area contributed by atoms with Crippen molar-refractivity contribution in [2.45, 2.75) is 37.4 Å². The first-order valence-electron chi connectivity index (χ1n) is 8.42. The Bertz CT molecular complexity index is 704. The standard InChI is InChI=1S/C17H25ClN2O3S2/c1-20(25(2,22)23)13-8-9-16(18)15(12-13)17(21)19-10-11-24-14-6-4-3-5-7-14/h8-9,12,14H,3-7,10-11H2,1-2H3,(H,19,21). The van der Waals surface area contributed by atoms with Gasteiger partial charge < -0.3 is 5.32 Å². The van der Waals surface area contributed by atoms with Crippen molar-refractivity contribution in [1.29, 1.82) is 0 Å². The van der Waals surface area contributed by atoms with Crippen molar-refractivity contribution in [3.05, 3.63) is 28.8 Å². The van der Waals surface area contributed by atoms with Gasteiger partial charge in [-0.05, 0) is 31.0 Å². The third kappa shape index (κ3) is 6.08. The lowest BCUT2D eigenvalue weighted by molar-refractivity contribution is 0.0956. The van der Waals surface area contributed by atoms with E-state index in [9.17, 15) is 13.2 Å². The van der Waals surface area contributed by atoms with Crippen molar-refractivity contribution in [2.75, 3.05) is 29.9 Å². The summed E-state index contributed by atoms with van der Waals surface area (Å²) in [6.45, 7) is 0.572. The zero-order chi connectivity index (χ0) is 18.4. The van der Waals surface area contributed by atoms with E-state index in [0.717, 1.165) is 16.3 Å². The molecule has 8 heteroatoms. The second kappa shape index (κ2) is 9.14. The Hall–Kier alpha value is -0.920. The van der Waals surface area contributed by atoms with Crippen LogP contribution in [0.5, 0.6) is 0 Å². The predicted molar refractivity (Wildman–Crippen MR) is 106 cm³/mol. The molecule has 0 radical (unpaired) electrons. The second-order valence-electron chi connectivity index (χ2n) is 6.28. The van der Waals surface area contributed by atoms with Gasteiger partial charge in [0.1, 0.15) is 0 Å². The van der Waals surface area contributed by atoms with E-state index in [0.29, 0.717) is 22.5 Å². The molecule has 2 rings (SSSR count). The molecular formula is C17H25ClN2O3S2. The highest BCUT2D eigenvalue weighted by Crippen LogP contribution is 2.28. The molecule has 0 spiro atoms. The SMILES string of the molecule is CN(c1ccc(Cl)c(C(=O)NCCSC2CCCCC2)c1)S(C)(=O)=O. The largest absolute Gasteiger partial charge is 0.351 e. The van der Waals surface area contributed by atoms with Gasteiger partial charge in [0.05, 0.1) is 22.5 Å². The highest BCUT2D eigenvalue weighted by atomic mass is 35.5. The van der Waals surface area contributed by atoms with E-state index in [4.69, 9.17) is 11.6 Å². The van der Waals surface area contributed by atoms with Gasteiger partial charge in [-0.25, -0.2) is 8.42 Å². The minimum Gasteiger partial charge on any atom is -0.351 e. The van der Waals surface area contributed by atoms with Crippen LogP contribution < -0.4 is 9.62 Å². The van der Waals surface area contributed by atoms with Crippen molar-refractivity contribution in [2.24, 2.45) is 0 Å². The summed E-state index contributed by atoms with van der Waals surface area (Å²) >= 11 is 8.03. The molecule has 1 aliphatic carbocycles. The maximum Gasteiger partial charge on any atom is 0.252 e. The number of hydrogen-bond acceptors (Lipinski definition) is 4. The number of sulfonamides is 1. The van der Waals surface area contributed by atoms with Crippen LogP contribution in [0.15, 0.2) is 18.2 Å². The smallest absolute Gasteiger partial charge is 0.252 e. The van der Waals surface area contributed by atoms with Crippen LogP contribution in [-0.2, 0) is 10.0 Å². The number of rotatable bonds is 7. The number of nitrogens with zero attached hydrogens (tertiary/aromatic N) is 1. The summed E-state index contributed by atoms with van der Waals surface area (Å²) in [6, 6.07) is 4.64. The summed E-state index contributed by atoms with van der Waals surface area (Å²) in [4.78, 5) is 12.4. The number of anilines is 1. The molecule has 0 saturated heterocycles. The number of carbonyl (C=O) groups excluding carboxylic acids is 1. The topological polar surface area (TPSA) is 66.5 Å². The van der Waals surface area contributed by atoms with Crippen LogP contribution in [0.4, 0.5) is 5.69 Å². The van der Waals surface area contributed by atoms with E-state index in [1.54, 1.807) is 12.1 Å². The highest BCUT2D eigenvalue weighted by Gasteiger charge is 2.17. The van der Waals surface area contributed by atoms with Crippen LogP contribution in [0, 0.1) is 0 Å². The summed E-state index contributed by atoms with van der Waals surface area (Å²) in [6.07, 6.45) is 7.60. The number of benzene rings is 1. The van der Waals surface area contributed by atoms with E-state index in [1.807, 2.05) is 11.8 Å². The molecule has 0 bridgehead atoms. The Morgan fingerprint density at radius 3 is 2.64 bits per heavy atom. The van der Waals surface area contributed by atoms with Crippen molar-refractivity contribution >= 4 is 45.0 Å². The number of amides is 1. The van der Waals surface area contributed by atoms with Crippen LogP contribution in [0.3, 0.4) is 0 Å². The zero-order valence-electron chi connectivity index (χ0n) is 14.6. The van der Waals surface area contributed by atoms with E-state index in [-0.39, 0.29) is 11.5 Å². The molecule has 0 unspecified atom stereocenters. The van der Waals surface area contributed by atoms with Gasteiger partial charge in [-0.3, -0.25) is 9.10 Å². The van der Waals surface area contributed by atoms with Gasteiger partial charge in [-0.2, -0.15) is 11.8 Å². The Morgan fingerprint density at radius 1 is 1.32 bits per heavy atom. The molecule has 0 heterocycles. The fraction of sp³-hybridized carbons (Fsp3) is 0.588. The quantitative estimate of drug-likeness (QED) is 0.706. The number of nitrogens with one attached hydrogen (secondary N) is 1. The molecule has 1 aliphatic rings. The Labute approximate surface area is 159 Å². The monoisotopic (exact) mass is 404 g/mol. The van der Waals surface area contributed by atoms with Gasteiger partial charge >= 0.3 is 0 Å². The minimum atomic E-state index is -3.39. The van der Waals surface area contributed by atoms with Crippen molar-refractivity contribution in [3.63, 3.8) is 0 Å².